The van der Waals surface area contributed by atoms with Crippen molar-refractivity contribution in [2.45, 2.75) is 13.8 Å². The van der Waals surface area contributed by atoms with Crippen LogP contribution in [-0.4, -0.2) is 5.11 Å². The van der Waals surface area contributed by atoms with Crippen LogP contribution in [0.3, 0.4) is 0 Å². The van der Waals surface area contributed by atoms with Crippen molar-refractivity contribution in [3.8, 4) is 0 Å². The molecule has 0 aliphatic heterocycles. The summed E-state index contributed by atoms with van der Waals surface area (Å²) in [7, 11) is 0. The Morgan fingerprint density at radius 1 is 1.25 bits per heavy atom. The molecule has 0 aliphatic carbocycles. The van der Waals surface area contributed by atoms with E-state index in [1.54, 1.807) is 13.0 Å². The van der Waals surface area contributed by atoms with Crippen LogP contribution in [0, 0.1) is 0 Å². The minimum absolute atomic E-state index is 0.00926. The lowest BCUT2D eigenvalue weighted by Crippen LogP contribution is -1.97. The molecule has 0 saturated carbocycles. The molecule has 0 aliphatic rings. The zero-order valence-electron chi connectivity index (χ0n) is 7.59. The van der Waals surface area contributed by atoms with Crippen LogP contribution in [0.5, 0.6) is 0 Å². The number of nitrogens with two attached hydrogens (primary N) is 1. The summed E-state index contributed by atoms with van der Waals surface area (Å²) in [5, 5.41) is 8.79. The summed E-state index contributed by atoms with van der Waals surface area (Å²) in [6, 6.07) is 0. The van der Waals surface area contributed by atoms with Gasteiger partial charge in [0.1, 0.15) is 5.76 Å². The summed E-state index contributed by atoms with van der Waals surface area (Å²) >= 11 is 0. The maximum absolute atomic E-state index is 8.79. The molecule has 0 heterocycles. The fourth-order valence-corrected chi connectivity index (χ4v) is 0.790. The van der Waals surface area contributed by atoms with Crippen LogP contribution >= 0.6 is 0 Å². The fraction of sp³-hybridized carbons (Fsp3) is 0.200. The second-order valence-electron chi connectivity index (χ2n) is 2.70. The zero-order valence-corrected chi connectivity index (χ0v) is 7.59. The number of hydrogen-bond donors (Lipinski definition) is 2. The predicted octanol–water partition coefficient (Wildman–Crippen LogP) is 2.42. The molecule has 2 heteroatoms. The minimum Gasteiger partial charge on any atom is -0.509 e. The van der Waals surface area contributed by atoms with Gasteiger partial charge >= 0.3 is 0 Å². The van der Waals surface area contributed by atoms with Gasteiger partial charge in [0.05, 0.1) is 0 Å². The highest BCUT2D eigenvalue weighted by Gasteiger charge is 1.95. The van der Waals surface area contributed by atoms with Crippen molar-refractivity contribution < 1.29 is 5.11 Å². The third-order valence-electron chi connectivity index (χ3n) is 1.33. The van der Waals surface area contributed by atoms with E-state index < -0.39 is 0 Å². The monoisotopic (exact) mass is 165 g/mol. The molecule has 0 fully saturated rings. The molecule has 0 aromatic carbocycles. The highest BCUT2D eigenvalue weighted by molar-refractivity contribution is 5.40. The maximum atomic E-state index is 8.79. The van der Waals surface area contributed by atoms with Crippen molar-refractivity contribution in [1.82, 2.24) is 0 Å². The summed E-state index contributed by atoms with van der Waals surface area (Å²) in [4.78, 5) is 0. The summed E-state index contributed by atoms with van der Waals surface area (Å²) < 4.78 is 0. The van der Waals surface area contributed by atoms with Gasteiger partial charge in [0, 0.05) is 5.70 Å². The number of allylic oxidation sites excluding steroid dienone is 5. The standard InChI is InChI=1S/C10H15NO/c1-7(2)10(9(4)11)6-5-8(3)12/h5-6,12H,1,3,11H2,2,4H3/b6-5-,10-9+. The van der Waals surface area contributed by atoms with Gasteiger partial charge in [-0.3, -0.25) is 0 Å². The Labute approximate surface area is 73.4 Å². The van der Waals surface area contributed by atoms with Crippen molar-refractivity contribution in [3.05, 3.63) is 47.9 Å². The lowest BCUT2D eigenvalue weighted by Gasteiger charge is -2.02. The van der Waals surface area contributed by atoms with Gasteiger partial charge in [0.25, 0.3) is 0 Å². The van der Waals surface area contributed by atoms with Gasteiger partial charge in [-0.05, 0) is 37.1 Å². The van der Waals surface area contributed by atoms with Gasteiger partial charge in [0.15, 0.2) is 0 Å². The van der Waals surface area contributed by atoms with Gasteiger partial charge < -0.3 is 10.8 Å². The highest BCUT2D eigenvalue weighted by atomic mass is 16.3. The molecule has 3 N–H and O–H groups in total. The quantitative estimate of drug-likeness (QED) is 0.498. The molecule has 0 unspecified atom stereocenters. The van der Waals surface area contributed by atoms with Crippen molar-refractivity contribution in [2.24, 2.45) is 5.73 Å². The van der Waals surface area contributed by atoms with Crippen LogP contribution in [0.2, 0.25) is 0 Å². The second kappa shape index (κ2) is 4.44. The van der Waals surface area contributed by atoms with E-state index in [2.05, 4.69) is 13.2 Å². The zero-order chi connectivity index (χ0) is 9.72. The lowest BCUT2D eigenvalue weighted by atomic mass is 10.1. The Morgan fingerprint density at radius 3 is 2.00 bits per heavy atom. The van der Waals surface area contributed by atoms with Crippen LogP contribution in [0.1, 0.15) is 13.8 Å². The summed E-state index contributed by atoms with van der Waals surface area (Å²) in [6.45, 7) is 10.7. The Kier molecular flexibility index (Phi) is 3.91. The topological polar surface area (TPSA) is 46.2 Å². The highest BCUT2D eigenvalue weighted by Crippen LogP contribution is 2.11. The molecule has 0 amide bonds. The molecule has 0 atom stereocenters. The van der Waals surface area contributed by atoms with Crippen molar-refractivity contribution in [3.63, 3.8) is 0 Å². The van der Waals surface area contributed by atoms with Gasteiger partial charge in [-0.2, -0.15) is 0 Å². The molecule has 0 bridgehead atoms. The first-order valence-electron chi connectivity index (χ1n) is 3.63. The lowest BCUT2D eigenvalue weighted by molar-refractivity contribution is 0.435. The Balaban J connectivity index is 4.70. The molecule has 66 valence electrons. The van der Waals surface area contributed by atoms with Crippen molar-refractivity contribution in [2.75, 3.05) is 0 Å². The summed E-state index contributed by atoms with van der Waals surface area (Å²) in [5.41, 5.74) is 7.97. The van der Waals surface area contributed by atoms with Gasteiger partial charge in [-0.15, -0.1) is 0 Å². The summed E-state index contributed by atoms with van der Waals surface area (Å²) in [6.07, 6.45) is 3.18. The van der Waals surface area contributed by atoms with Crippen LogP contribution in [0.4, 0.5) is 0 Å². The molecule has 0 spiro atoms. The SMILES string of the molecule is C=C(O)/C=C\C(C(=C)C)=C(\C)N. The van der Waals surface area contributed by atoms with Gasteiger partial charge in [-0.1, -0.05) is 13.2 Å². The van der Waals surface area contributed by atoms with E-state index in [1.165, 1.54) is 6.08 Å². The van der Waals surface area contributed by atoms with Crippen LogP contribution in [0.25, 0.3) is 0 Å². The van der Waals surface area contributed by atoms with E-state index in [0.29, 0.717) is 5.70 Å². The van der Waals surface area contributed by atoms with E-state index in [9.17, 15) is 0 Å². The van der Waals surface area contributed by atoms with Crippen LogP contribution in [-0.2, 0) is 0 Å². The molecule has 0 saturated heterocycles. The van der Waals surface area contributed by atoms with Crippen LogP contribution in [0.15, 0.2) is 47.9 Å². The van der Waals surface area contributed by atoms with Gasteiger partial charge in [0.2, 0.25) is 0 Å². The van der Waals surface area contributed by atoms with E-state index in [0.717, 1.165) is 11.1 Å². The molecular formula is C10H15NO. The average Bonchev–Trinajstić information content (AvgIpc) is 1.84. The number of aliphatic hydroxyl groups is 1. The first-order valence-corrected chi connectivity index (χ1v) is 3.63. The van der Waals surface area contributed by atoms with Crippen molar-refractivity contribution in [1.29, 1.82) is 0 Å². The Morgan fingerprint density at radius 2 is 1.75 bits per heavy atom. The van der Waals surface area contributed by atoms with E-state index in [1.807, 2.05) is 6.92 Å². The van der Waals surface area contributed by atoms with Gasteiger partial charge in [-0.25, -0.2) is 0 Å². The van der Waals surface area contributed by atoms with E-state index >= 15 is 0 Å². The third kappa shape index (κ3) is 3.66. The smallest absolute Gasteiger partial charge is 0.108 e. The predicted molar refractivity (Wildman–Crippen MR) is 52.6 cm³/mol. The Bertz CT molecular complexity index is 255. The fourth-order valence-electron chi connectivity index (χ4n) is 0.790. The molecule has 0 aromatic heterocycles. The largest absolute Gasteiger partial charge is 0.509 e. The van der Waals surface area contributed by atoms with Crippen molar-refractivity contribution >= 4 is 0 Å². The molecule has 2 nitrogen and oxygen atoms in total. The molecule has 0 radical (unpaired) electrons. The average molecular weight is 165 g/mol. The number of aliphatic hydroxyl groups excluding tert-OH is 1. The minimum atomic E-state index is 0.00926. The molecular weight excluding hydrogens is 150 g/mol. The Hall–Kier alpha value is -1.44. The number of rotatable bonds is 3. The molecule has 0 rings (SSSR count). The normalized spacial score (nSPS) is 12.8. The van der Waals surface area contributed by atoms with E-state index in [4.69, 9.17) is 10.8 Å². The molecule has 12 heavy (non-hydrogen) atoms. The first kappa shape index (κ1) is 10.6. The number of hydrogen-bond acceptors (Lipinski definition) is 2. The summed E-state index contributed by atoms with van der Waals surface area (Å²) in [5.74, 6) is 0.00926. The first-order chi connectivity index (χ1) is 5.45. The maximum Gasteiger partial charge on any atom is 0.108 e. The van der Waals surface area contributed by atoms with Crippen LogP contribution < -0.4 is 5.73 Å². The molecule has 0 aromatic rings. The third-order valence-corrected chi connectivity index (χ3v) is 1.33. The van der Waals surface area contributed by atoms with E-state index in [-0.39, 0.29) is 5.76 Å². The second-order valence-corrected chi connectivity index (χ2v) is 2.70.